The van der Waals surface area contributed by atoms with Crippen LogP contribution in [0.3, 0.4) is 0 Å². The minimum atomic E-state index is -1.65. The Morgan fingerprint density at radius 3 is 2.62 bits per heavy atom. The first-order valence-corrected chi connectivity index (χ1v) is 16.0. The number of aromatic nitrogens is 4. The monoisotopic (exact) mass is 590 g/mol. The molecule has 1 aliphatic heterocycles. The van der Waals surface area contributed by atoms with Gasteiger partial charge < -0.3 is 24.3 Å². The van der Waals surface area contributed by atoms with E-state index in [2.05, 4.69) is 27.0 Å². The molecule has 2 fully saturated rings. The third-order valence-electron chi connectivity index (χ3n) is 7.00. The fourth-order valence-electron chi connectivity index (χ4n) is 4.79. The zero-order valence-electron chi connectivity index (χ0n) is 23.9. The normalized spacial score (nSPS) is 22.2. The number of anilines is 1. The summed E-state index contributed by atoms with van der Waals surface area (Å²) in [7, 11) is -0.241. The van der Waals surface area contributed by atoms with E-state index in [-0.39, 0.29) is 30.2 Å². The largest absolute Gasteiger partial charge is 0.468 e. The zero-order chi connectivity index (χ0) is 28.9. The summed E-state index contributed by atoms with van der Waals surface area (Å²) in [6, 6.07) is 7.74. The van der Waals surface area contributed by atoms with Gasteiger partial charge in [0, 0.05) is 5.92 Å². The van der Waals surface area contributed by atoms with Crippen molar-refractivity contribution in [3.05, 3.63) is 36.2 Å². The molecule has 218 valence electrons. The van der Waals surface area contributed by atoms with Crippen LogP contribution in [0, 0.1) is 12.8 Å². The van der Waals surface area contributed by atoms with Crippen LogP contribution in [-0.2, 0) is 18.8 Å². The van der Waals surface area contributed by atoms with Crippen molar-refractivity contribution in [2.24, 2.45) is 5.92 Å². The van der Waals surface area contributed by atoms with Gasteiger partial charge in [0.25, 0.3) is 0 Å². The van der Waals surface area contributed by atoms with Gasteiger partial charge in [0.15, 0.2) is 5.65 Å². The van der Waals surface area contributed by atoms with Gasteiger partial charge in [0.2, 0.25) is 5.95 Å². The first kappa shape index (κ1) is 30.5. The molecule has 3 heterocycles. The van der Waals surface area contributed by atoms with Crippen LogP contribution in [0.2, 0.25) is 0 Å². The number of aryl methyl sites for hydroxylation is 1. The second kappa shape index (κ2) is 13.4. The fourth-order valence-corrected chi connectivity index (χ4v) is 6.75. The zero-order valence-corrected chi connectivity index (χ0v) is 25.6. The molecule has 3 aromatic rings. The molecule has 2 aliphatic rings. The number of nitrogens with one attached hydrogen (secondary N) is 1. The Balaban J connectivity index is 0.00000181. The number of nitrogen functional groups attached to an aromatic ring is 1. The SMILES string of the molecule is CC.COC(=O)C1(NP(OCC2CC(C)C(n3cnc4c(SC)nc(N)nc43)O2)Oc2ccc(C)cc2)CCC1. The van der Waals surface area contributed by atoms with Gasteiger partial charge in [-0.15, -0.1) is 11.8 Å². The molecule has 0 spiro atoms. The van der Waals surface area contributed by atoms with Gasteiger partial charge in [-0.05, 0) is 51.0 Å². The van der Waals surface area contributed by atoms with Crippen LogP contribution in [0.5, 0.6) is 5.75 Å². The van der Waals surface area contributed by atoms with E-state index in [1.807, 2.05) is 55.9 Å². The quantitative estimate of drug-likeness (QED) is 0.136. The number of esters is 1. The molecule has 4 unspecified atom stereocenters. The van der Waals surface area contributed by atoms with E-state index in [9.17, 15) is 4.79 Å². The van der Waals surface area contributed by atoms with Crippen molar-refractivity contribution in [1.82, 2.24) is 24.6 Å². The Morgan fingerprint density at radius 2 is 2.00 bits per heavy atom. The number of hydrogen-bond donors (Lipinski definition) is 2. The maximum absolute atomic E-state index is 12.6. The highest BCUT2D eigenvalue weighted by Crippen LogP contribution is 2.45. The number of ether oxygens (including phenoxy) is 2. The van der Waals surface area contributed by atoms with Crippen LogP contribution < -0.4 is 15.3 Å². The van der Waals surface area contributed by atoms with E-state index >= 15 is 0 Å². The highest BCUT2D eigenvalue weighted by Gasteiger charge is 2.48. The number of carbonyl (C=O) groups excluding carboxylic acids is 1. The van der Waals surface area contributed by atoms with Crippen LogP contribution in [0.1, 0.15) is 58.2 Å². The highest BCUT2D eigenvalue weighted by molar-refractivity contribution is 7.98. The van der Waals surface area contributed by atoms with Gasteiger partial charge in [-0.1, -0.05) is 38.5 Å². The molecular weight excluding hydrogens is 551 g/mol. The lowest BCUT2D eigenvalue weighted by molar-refractivity contribution is -0.151. The second-order valence-electron chi connectivity index (χ2n) is 9.77. The lowest BCUT2D eigenvalue weighted by atomic mass is 9.78. The summed E-state index contributed by atoms with van der Waals surface area (Å²) >= 11 is 1.48. The number of benzene rings is 1. The van der Waals surface area contributed by atoms with Gasteiger partial charge in [-0.3, -0.25) is 9.36 Å². The average Bonchev–Trinajstić information content (AvgIpc) is 3.53. The molecule has 0 bridgehead atoms. The molecule has 11 nitrogen and oxygen atoms in total. The van der Waals surface area contributed by atoms with Crippen molar-refractivity contribution < 1.29 is 23.3 Å². The number of fused-ring (bicyclic) bond motifs is 1. The highest BCUT2D eigenvalue weighted by atomic mass is 32.2. The maximum atomic E-state index is 12.6. The number of imidazole rings is 1. The van der Waals surface area contributed by atoms with Gasteiger partial charge in [-0.25, -0.2) is 15.1 Å². The van der Waals surface area contributed by atoms with Crippen LogP contribution >= 0.6 is 20.3 Å². The van der Waals surface area contributed by atoms with Crippen LogP contribution in [0.15, 0.2) is 35.6 Å². The smallest absolute Gasteiger partial charge is 0.326 e. The molecular formula is C27H39N6O5PS. The molecule has 4 atom stereocenters. The second-order valence-corrected chi connectivity index (χ2v) is 11.7. The summed E-state index contributed by atoms with van der Waals surface area (Å²) in [6.07, 6.45) is 6.26. The summed E-state index contributed by atoms with van der Waals surface area (Å²) in [4.78, 5) is 25.8. The number of thioether (sulfide) groups is 1. The van der Waals surface area contributed by atoms with Gasteiger partial charge in [0.05, 0.1) is 26.1 Å². The van der Waals surface area contributed by atoms with Crippen molar-refractivity contribution in [1.29, 1.82) is 0 Å². The van der Waals surface area contributed by atoms with E-state index < -0.39 is 14.1 Å². The molecule has 40 heavy (non-hydrogen) atoms. The number of nitrogens with zero attached hydrogens (tertiary/aromatic N) is 4. The molecule has 1 saturated heterocycles. The Morgan fingerprint density at radius 1 is 1.27 bits per heavy atom. The summed E-state index contributed by atoms with van der Waals surface area (Å²) in [5, 5.41) is 4.07. The molecule has 3 N–H and O–H groups in total. The van der Waals surface area contributed by atoms with Gasteiger partial charge in [-0.2, -0.15) is 4.98 Å². The van der Waals surface area contributed by atoms with E-state index in [0.29, 0.717) is 36.4 Å². The van der Waals surface area contributed by atoms with Crippen molar-refractivity contribution in [3.8, 4) is 5.75 Å². The molecule has 2 aromatic heterocycles. The lowest BCUT2D eigenvalue weighted by Gasteiger charge is -2.40. The van der Waals surface area contributed by atoms with Gasteiger partial charge >= 0.3 is 14.5 Å². The number of carbonyl (C=O) groups is 1. The molecule has 13 heteroatoms. The Bertz CT molecular complexity index is 1290. The number of rotatable bonds is 10. The average molecular weight is 591 g/mol. The van der Waals surface area contributed by atoms with Crippen LogP contribution in [0.25, 0.3) is 11.2 Å². The predicted molar refractivity (Wildman–Crippen MR) is 157 cm³/mol. The fraction of sp³-hybridized carbons (Fsp3) is 0.556. The van der Waals surface area contributed by atoms with Crippen molar-refractivity contribution in [2.75, 3.05) is 25.7 Å². The van der Waals surface area contributed by atoms with Crippen molar-refractivity contribution >= 4 is 43.4 Å². The minimum Gasteiger partial charge on any atom is -0.468 e. The Kier molecular flexibility index (Phi) is 10.2. The standard InChI is InChI=1S/C25H33N6O5PS.C2H6/c1-15-6-8-17(9-7-15)36-37(30-25(10-5-11-25)23(32)33-3)34-13-18-12-16(2)22(35-18)31-14-27-19-20(31)28-24(26)29-21(19)38-4;1-2/h6-9,14,16,18,22,30H,5,10-13H2,1-4H3,(H2,26,28,29);1-2H3. The maximum Gasteiger partial charge on any atom is 0.326 e. The third kappa shape index (κ3) is 6.52. The molecule has 1 aromatic carbocycles. The number of nitrogens with two attached hydrogens (primary N) is 1. The van der Waals surface area contributed by atoms with E-state index in [4.69, 9.17) is 24.3 Å². The minimum absolute atomic E-state index is 0.181. The van der Waals surface area contributed by atoms with Crippen molar-refractivity contribution in [3.63, 3.8) is 0 Å². The summed E-state index contributed by atoms with van der Waals surface area (Å²) in [6.45, 7) is 8.44. The summed E-state index contributed by atoms with van der Waals surface area (Å²) in [5.41, 5.74) is 7.64. The predicted octanol–water partition coefficient (Wildman–Crippen LogP) is 5.40. The summed E-state index contributed by atoms with van der Waals surface area (Å²) in [5.74, 6) is 0.754. The molecule has 1 saturated carbocycles. The molecule has 1 aliphatic carbocycles. The van der Waals surface area contributed by atoms with Crippen LogP contribution in [-0.4, -0.2) is 57.1 Å². The summed E-state index contributed by atoms with van der Waals surface area (Å²) < 4.78 is 25.9. The number of methoxy groups -OCH3 is 1. The third-order valence-corrected chi connectivity index (χ3v) is 9.05. The first-order chi connectivity index (χ1) is 19.3. The Labute approximate surface area is 240 Å². The Hall–Kier alpha value is -2.50. The van der Waals surface area contributed by atoms with Crippen molar-refractivity contribution in [2.45, 2.75) is 76.3 Å². The molecule has 5 rings (SSSR count). The van der Waals surface area contributed by atoms with E-state index in [0.717, 1.165) is 23.4 Å². The topological polar surface area (TPSA) is 136 Å². The number of hydrogen-bond acceptors (Lipinski definition) is 11. The van der Waals surface area contributed by atoms with E-state index in [1.165, 1.54) is 18.9 Å². The van der Waals surface area contributed by atoms with Crippen LogP contribution in [0.4, 0.5) is 5.95 Å². The molecule has 0 radical (unpaired) electrons. The molecule has 0 amide bonds. The first-order valence-electron chi connectivity index (χ1n) is 13.6. The lowest BCUT2D eigenvalue weighted by Crippen LogP contribution is -2.56. The van der Waals surface area contributed by atoms with E-state index in [1.54, 1.807) is 6.33 Å². The van der Waals surface area contributed by atoms with Gasteiger partial charge in [0.1, 0.15) is 28.1 Å².